The third-order valence-corrected chi connectivity index (χ3v) is 2.75. The summed E-state index contributed by atoms with van der Waals surface area (Å²) in [5.74, 6) is -0.547. The minimum Gasteiger partial charge on any atom is -0.394 e. The maximum Gasteiger partial charge on any atom is 0.166 e. The lowest BCUT2D eigenvalue weighted by Crippen LogP contribution is -2.29. The second-order valence-electron chi connectivity index (χ2n) is 4.71. The van der Waals surface area contributed by atoms with Crippen molar-refractivity contribution in [3.05, 3.63) is 0 Å². The summed E-state index contributed by atoms with van der Waals surface area (Å²) >= 11 is 0. The van der Waals surface area contributed by atoms with Gasteiger partial charge in [0.15, 0.2) is 5.79 Å². The SMILES string of the molecule is CC(=O)CCC1(C)OCC(COC(C)CO)O1. The van der Waals surface area contributed by atoms with Gasteiger partial charge in [-0.1, -0.05) is 0 Å². The highest BCUT2D eigenvalue weighted by Gasteiger charge is 2.37. The molecule has 0 aromatic rings. The number of ether oxygens (including phenoxy) is 3. The highest BCUT2D eigenvalue weighted by molar-refractivity contribution is 5.75. The van der Waals surface area contributed by atoms with Crippen molar-refractivity contribution in [3.63, 3.8) is 0 Å². The minimum atomic E-state index is -0.678. The van der Waals surface area contributed by atoms with E-state index in [9.17, 15) is 4.79 Å². The first kappa shape index (κ1) is 14.6. The quantitative estimate of drug-likeness (QED) is 0.722. The van der Waals surface area contributed by atoms with Gasteiger partial charge in [-0.3, -0.25) is 0 Å². The summed E-state index contributed by atoms with van der Waals surface area (Å²) in [5, 5.41) is 8.82. The Kier molecular flexibility index (Phi) is 5.52. The van der Waals surface area contributed by atoms with E-state index in [0.29, 0.717) is 26.1 Å². The van der Waals surface area contributed by atoms with Gasteiger partial charge < -0.3 is 24.1 Å². The number of carbonyl (C=O) groups excluding carboxylic acids is 1. The van der Waals surface area contributed by atoms with Gasteiger partial charge in [-0.2, -0.15) is 0 Å². The van der Waals surface area contributed by atoms with E-state index in [-0.39, 0.29) is 24.6 Å². The van der Waals surface area contributed by atoms with Crippen LogP contribution in [0.2, 0.25) is 0 Å². The highest BCUT2D eigenvalue weighted by Crippen LogP contribution is 2.28. The largest absolute Gasteiger partial charge is 0.394 e. The summed E-state index contributed by atoms with van der Waals surface area (Å²) in [6, 6.07) is 0. The fourth-order valence-electron chi connectivity index (χ4n) is 1.63. The summed E-state index contributed by atoms with van der Waals surface area (Å²) < 4.78 is 16.6. The zero-order valence-corrected chi connectivity index (χ0v) is 10.8. The molecule has 5 nitrogen and oxygen atoms in total. The number of hydrogen-bond donors (Lipinski definition) is 1. The smallest absolute Gasteiger partial charge is 0.166 e. The average molecular weight is 246 g/mol. The van der Waals surface area contributed by atoms with Crippen molar-refractivity contribution in [3.8, 4) is 0 Å². The zero-order chi connectivity index (χ0) is 12.9. The number of rotatable bonds is 7. The number of carbonyl (C=O) groups is 1. The van der Waals surface area contributed by atoms with Gasteiger partial charge in [0.1, 0.15) is 11.9 Å². The molecule has 0 aliphatic carbocycles. The predicted molar refractivity (Wildman–Crippen MR) is 61.6 cm³/mol. The first-order valence-electron chi connectivity index (χ1n) is 5.99. The Balaban J connectivity index is 2.28. The molecule has 1 rings (SSSR count). The summed E-state index contributed by atoms with van der Waals surface area (Å²) in [4.78, 5) is 10.9. The Labute approximate surface area is 102 Å². The summed E-state index contributed by atoms with van der Waals surface area (Å²) in [6.07, 6.45) is 0.703. The summed E-state index contributed by atoms with van der Waals surface area (Å²) in [7, 11) is 0. The van der Waals surface area contributed by atoms with Crippen LogP contribution in [-0.4, -0.2) is 48.7 Å². The van der Waals surface area contributed by atoms with Crippen LogP contribution in [0, 0.1) is 0 Å². The van der Waals surface area contributed by atoms with E-state index in [0.717, 1.165) is 0 Å². The molecule has 0 radical (unpaired) electrons. The summed E-state index contributed by atoms with van der Waals surface area (Å²) in [5.41, 5.74) is 0. The van der Waals surface area contributed by atoms with Crippen molar-refractivity contribution in [2.24, 2.45) is 0 Å². The molecule has 0 saturated carbocycles. The van der Waals surface area contributed by atoms with Crippen LogP contribution in [0.25, 0.3) is 0 Å². The Hall–Kier alpha value is -0.490. The Morgan fingerprint density at radius 2 is 2.35 bits per heavy atom. The molecule has 1 heterocycles. The van der Waals surface area contributed by atoms with E-state index >= 15 is 0 Å². The van der Waals surface area contributed by atoms with E-state index in [1.165, 1.54) is 0 Å². The van der Waals surface area contributed by atoms with Gasteiger partial charge in [0, 0.05) is 12.8 Å². The molecule has 3 atom stereocenters. The molecule has 0 aromatic carbocycles. The van der Waals surface area contributed by atoms with Crippen LogP contribution in [0.1, 0.15) is 33.6 Å². The molecule has 0 bridgehead atoms. The van der Waals surface area contributed by atoms with Gasteiger partial charge in [-0.25, -0.2) is 0 Å². The Morgan fingerprint density at radius 1 is 1.65 bits per heavy atom. The summed E-state index contributed by atoms with van der Waals surface area (Å²) in [6.45, 7) is 6.05. The van der Waals surface area contributed by atoms with Crippen LogP contribution >= 0.6 is 0 Å². The number of aliphatic hydroxyl groups excluding tert-OH is 1. The highest BCUT2D eigenvalue weighted by atomic mass is 16.7. The predicted octanol–water partition coefficient (Wildman–Crippen LogP) is 0.885. The van der Waals surface area contributed by atoms with Crippen LogP contribution in [0.5, 0.6) is 0 Å². The monoisotopic (exact) mass is 246 g/mol. The third kappa shape index (κ3) is 5.12. The fraction of sp³-hybridized carbons (Fsp3) is 0.917. The third-order valence-electron chi connectivity index (χ3n) is 2.75. The molecule has 0 spiro atoms. The van der Waals surface area contributed by atoms with Crippen LogP contribution in [-0.2, 0) is 19.0 Å². The molecule has 5 heteroatoms. The second kappa shape index (κ2) is 6.44. The molecule has 3 unspecified atom stereocenters. The van der Waals surface area contributed by atoms with Crippen LogP contribution in [0.15, 0.2) is 0 Å². The lowest BCUT2D eigenvalue weighted by Gasteiger charge is -2.23. The minimum absolute atomic E-state index is 0.00478. The van der Waals surface area contributed by atoms with Crippen LogP contribution in [0.3, 0.4) is 0 Å². The van der Waals surface area contributed by atoms with Crippen molar-refractivity contribution in [1.29, 1.82) is 0 Å². The van der Waals surface area contributed by atoms with Crippen LogP contribution < -0.4 is 0 Å². The van der Waals surface area contributed by atoms with E-state index in [1.54, 1.807) is 13.8 Å². The van der Waals surface area contributed by atoms with E-state index in [1.807, 2.05) is 6.92 Å². The number of ketones is 1. The molecule has 1 N–H and O–H groups in total. The topological polar surface area (TPSA) is 65.0 Å². The number of Topliss-reactive ketones (excluding diaryl/α,β-unsaturated/α-hetero) is 1. The first-order valence-corrected chi connectivity index (χ1v) is 5.99. The van der Waals surface area contributed by atoms with Gasteiger partial charge in [0.25, 0.3) is 0 Å². The zero-order valence-electron chi connectivity index (χ0n) is 10.8. The van der Waals surface area contributed by atoms with Gasteiger partial charge in [-0.15, -0.1) is 0 Å². The Morgan fingerprint density at radius 3 is 2.94 bits per heavy atom. The second-order valence-corrected chi connectivity index (χ2v) is 4.71. The molecule has 1 aliphatic heterocycles. The van der Waals surface area contributed by atoms with E-state index in [4.69, 9.17) is 19.3 Å². The van der Waals surface area contributed by atoms with Crippen molar-refractivity contribution < 1.29 is 24.1 Å². The van der Waals surface area contributed by atoms with Gasteiger partial charge in [0.05, 0.1) is 25.9 Å². The van der Waals surface area contributed by atoms with E-state index < -0.39 is 5.79 Å². The molecule has 1 saturated heterocycles. The van der Waals surface area contributed by atoms with Crippen molar-refractivity contribution in [2.75, 3.05) is 19.8 Å². The maximum atomic E-state index is 10.9. The molecule has 0 amide bonds. The van der Waals surface area contributed by atoms with Crippen molar-refractivity contribution >= 4 is 5.78 Å². The lowest BCUT2D eigenvalue weighted by molar-refractivity contribution is -0.168. The molecule has 100 valence electrons. The number of hydrogen-bond acceptors (Lipinski definition) is 5. The maximum absolute atomic E-state index is 10.9. The normalized spacial score (nSPS) is 30.5. The molecule has 1 aliphatic rings. The number of aliphatic hydroxyl groups is 1. The molecular weight excluding hydrogens is 224 g/mol. The van der Waals surface area contributed by atoms with Gasteiger partial charge >= 0.3 is 0 Å². The van der Waals surface area contributed by atoms with Crippen LogP contribution in [0.4, 0.5) is 0 Å². The lowest BCUT2D eigenvalue weighted by atomic mass is 10.1. The molecular formula is C12H22O5. The molecule has 17 heavy (non-hydrogen) atoms. The average Bonchev–Trinajstić information content (AvgIpc) is 2.66. The first-order chi connectivity index (χ1) is 7.95. The fourth-order valence-corrected chi connectivity index (χ4v) is 1.63. The van der Waals surface area contributed by atoms with Gasteiger partial charge in [-0.05, 0) is 20.8 Å². The van der Waals surface area contributed by atoms with E-state index in [2.05, 4.69) is 0 Å². The standard InChI is InChI=1S/C12H22O5/c1-9(14)4-5-12(3)16-8-11(17-12)7-15-10(2)6-13/h10-11,13H,4-8H2,1-3H3. The molecule has 1 fully saturated rings. The van der Waals surface area contributed by atoms with Crippen molar-refractivity contribution in [2.45, 2.75) is 51.6 Å². The van der Waals surface area contributed by atoms with Crippen molar-refractivity contribution in [1.82, 2.24) is 0 Å². The Bertz CT molecular complexity index is 255. The molecule has 0 aromatic heterocycles. The van der Waals surface area contributed by atoms with Gasteiger partial charge in [0.2, 0.25) is 0 Å².